The molecule has 0 unspecified atom stereocenters. The van der Waals surface area contributed by atoms with Crippen molar-refractivity contribution in [3.8, 4) is 0 Å². The van der Waals surface area contributed by atoms with Crippen molar-refractivity contribution in [3.05, 3.63) is 32.8 Å². The van der Waals surface area contributed by atoms with Crippen LogP contribution in [0.1, 0.15) is 36.8 Å². The van der Waals surface area contributed by atoms with E-state index in [1.807, 2.05) is 18.5 Å². The fourth-order valence-corrected chi connectivity index (χ4v) is 2.22. The highest BCUT2D eigenvalue weighted by Crippen LogP contribution is 2.18. The van der Waals surface area contributed by atoms with Crippen LogP contribution in [0.3, 0.4) is 0 Å². The largest absolute Gasteiger partial charge is 0.462 e. The fourth-order valence-electron chi connectivity index (χ4n) is 2.22. The van der Waals surface area contributed by atoms with Crippen LogP contribution in [0.4, 0.5) is 0 Å². The van der Waals surface area contributed by atoms with E-state index in [4.69, 9.17) is 4.74 Å². The van der Waals surface area contributed by atoms with E-state index < -0.39 is 5.97 Å². The maximum absolute atomic E-state index is 12.2. The van der Waals surface area contributed by atoms with Crippen molar-refractivity contribution < 1.29 is 9.53 Å². The number of carbonyl (C=O) groups is 1. The first-order chi connectivity index (χ1) is 8.47. The average molecular weight is 250 g/mol. The van der Waals surface area contributed by atoms with Gasteiger partial charge in [-0.2, -0.15) is 0 Å². The Labute approximate surface area is 106 Å². The third kappa shape index (κ3) is 1.79. The van der Waals surface area contributed by atoms with Gasteiger partial charge in [0.2, 0.25) is 0 Å². The second-order valence-electron chi connectivity index (χ2n) is 4.66. The first-order valence-electron chi connectivity index (χ1n) is 6.09. The van der Waals surface area contributed by atoms with E-state index in [0.717, 1.165) is 0 Å². The zero-order chi connectivity index (χ0) is 13.4. The Morgan fingerprint density at radius 2 is 1.72 bits per heavy atom. The molecule has 0 aliphatic carbocycles. The van der Waals surface area contributed by atoms with Crippen LogP contribution in [0.25, 0.3) is 0 Å². The SMILES string of the molecule is CCOC(=O)c1c(C)n2n(c1=O)CC(C)=C(C)C2. The molecule has 1 aliphatic heterocycles. The van der Waals surface area contributed by atoms with Crippen molar-refractivity contribution in [3.63, 3.8) is 0 Å². The molecule has 98 valence electrons. The van der Waals surface area contributed by atoms with Crippen LogP contribution >= 0.6 is 0 Å². The standard InChI is InChI=1S/C13H18N2O3/c1-5-18-13(17)11-10(4)14-6-8(2)9(3)7-15(14)12(11)16/h5-7H2,1-4H3. The molecule has 0 saturated carbocycles. The molecule has 0 N–H and O–H groups in total. The summed E-state index contributed by atoms with van der Waals surface area (Å²) in [7, 11) is 0. The molecule has 0 bridgehead atoms. The Morgan fingerprint density at radius 1 is 1.17 bits per heavy atom. The molecular formula is C13H18N2O3. The van der Waals surface area contributed by atoms with Gasteiger partial charge in [0.25, 0.3) is 5.56 Å². The van der Waals surface area contributed by atoms with Crippen LogP contribution in [-0.4, -0.2) is 21.9 Å². The van der Waals surface area contributed by atoms with Crippen molar-refractivity contribution in [2.45, 2.75) is 40.8 Å². The predicted octanol–water partition coefficient (Wildman–Crippen LogP) is 1.48. The van der Waals surface area contributed by atoms with E-state index >= 15 is 0 Å². The summed E-state index contributed by atoms with van der Waals surface area (Å²) in [6.07, 6.45) is 0. The van der Waals surface area contributed by atoms with Gasteiger partial charge in [-0.3, -0.25) is 9.48 Å². The number of hydrogen-bond acceptors (Lipinski definition) is 3. The van der Waals surface area contributed by atoms with Crippen LogP contribution in [0, 0.1) is 6.92 Å². The van der Waals surface area contributed by atoms with Crippen molar-refractivity contribution in [1.29, 1.82) is 0 Å². The summed E-state index contributed by atoms with van der Waals surface area (Å²) in [5, 5.41) is 0. The lowest BCUT2D eigenvalue weighted by atomic mass is 10.1. The lowest BCUT2D eigenvalue weighted by Gasteiger charge is -2.21. The third-order valence-electron chi connectivity index (χ3n) is 3.47. The van der Waals surface area contributed by atoms with Gasteiger partial charge in [-0.05, 0) is 27.7 Å². The molecule has 0 atom stereocenters. The summed E-state index contributed by atoms with van der Waals surface area (Å²) >= 11 is 0. The number of rotatable bonds is 2. The highest BCUT2D eigenvalue weighted by atomic mass is 16.5. The van der Waals surface area contributed by atoms with Crippen LogP contribution < -0.4 is 5.56 Å². The quantitative estimate of drug-likeness (QED) is 0.590. The molecule has 1 aromatic rings. The van der Waals surface area contributed by atoms with Crippen molar-refractivity contribution >= 4 is 5.97 Å². The molecule has 2 rings (SSSR count). The van der Waals surface area contributed by atoms with Gasteiger partial charge in [0.15, 0.2) is 0 Å². The van der Waals surface area contributed by atoms with Crippen molar-refractivity contribution in [1.82, 2.24) is 9.36 Å². The molecule has 0 aromatic carbocycles. The summed E-state index contributed by atoms with van der Waals surface area (Å²) < 4.78 is 8.41. The van der Waals surface area contributed by atoms with Crippen molar-refractivity contribution in [2.75, 3.05) is 6.61 Å². The number of fused-ring (bicyclic) bond motifs is 1. The number of hydrogen-bond donors (Lipinski definition) is 0. The van der Waals surface area contributed by atoms with Crippen molar-refractivity contribution in [2.24, 2.45) is 0 Å². The second-order valence-corrected chi connectivity index (χ2v) is 4.66. The minimum absolute atomic E-state index is 0.166. The van der Waals surface area contributed by atoms with Gasteiger partial charge < -0.3 is 4.74 Å². The van der Waals surface area contributed by atoms with E-state index in [9.17, 15) is 9.59 Å². The molecule has 2 heterocycles. The van der Waals surface area contributed by atoms with Gasteiger partial charge in [0.05, 0.1) is 25.4 Å². The normalized spacial score (nSPS) is 14.7. The smallest absolute Gasteiger partial charge is 0.345 e. The number of allylic oxidation sites excluding steroid dienone is 2. The summed E-state index contributed by atoms with van der Waals surface area (Å²) in [5.74, 6) is -0.523. The Morgan fingerprint density at radius 3 is 2.28 bits per heavy atom. The minimum atomic E-state index is -0.523. The first-order valence-corrected chi connectivity index (χ1v) is 6.09. The summed E-state index contributed by atoms with van der Waals surface area (Å²) in [5.41, 5.74) is 3.02. The van der Waals surface area contributed by atoms with E-state index in [0.29, 0.717) is 18.8 Å². The first kappa shape index (κ1) is 12.7. The van der Waals surface area contributed by atoms with Crippen LogP contribution in [0.5, 0.6) is 0 Å². The predicted molar refractivity (Wildman–Crippen MR) is 67.8 cm³/mol. The van der Waals surface area contributed by atoms with Crippen LogP contribution in [-0.2, 0) is 17.8 Å². The number of esters is 1. The molecule has 18 heavy (non-hydrogen) atoms. The Balaban J connectivity index is 2.53. The van der Waals surface area contributed by atoms with E-state index in [-0.39, 0.29) is 17.7 Å². The van der Waals surface area contributed by atoms with Gasteiger partial charge in [-0.25, -0.2) is 9.48 Å². The van der Waals surface area contributed by atoms with Gasteiger partial charge >= 0.3 is 5.97 Å². The van der Waals surface area contributed by atoms with Gasteiger partial charge in [0.1, 0.15) is 5.56 Å². The molecular weight excluding hydrogens is 232 g/mol. The molecule has 0 spiro atoms. The molecule has 1 aromatic heterocycles. The van der Waals surface area contributed by atoms with E-state index in [2.05, 4.69) is 0 Å². The van der Waals surface area contributed by atoms with Gasteiger partial charge in [0, 0.05) is 0 Å². The molecule has 1 aliphatic rings. The molecule has 5 nitrogen and oxygen atoms in total. The second kappa shape index (κ2) is 4.48. The highest BCUT2D eigenvalue weighted by Gasteiger charge is 2.25. The highest BCUT2D eigenvalue weighted by molar-refractivity contribution is 5.90. The lowest BCUT2D eigenvalue weighted by Crippen LogP contribution is -2.29. The summed E-state index contributed by atoms with van der Waals surface area (Å²) in [6.45, 7) is 9.07. The Bertz CT molecular complexity index is 590. The summed E-state index contributed by atoms with van der Waals surface area (Å²) in [6, 6.07) is 0. The molecule has 0 saturated heterocycles. The lowest BCUT2D eigenvalue weighted by molar-refractivity contribution is 0.0523. The zero-order valence-electron chi connectivity index (χ0n) is 11.2. The minimum Gasteiger partial charge on any atom is -0.462 e. The number of nitrogens with zero attached hydrogens (tertiary/aromatic N) is 2. The fraction of sp³-hybridized carbons (Fsp3) is 0.538. The van der Waals surface area contributed by atoms with E-state index in [1.165, 1.54) is 11.1 Å². The Kier molecular flexibility index (Phi) is 3.15. The van der Waals surface area contributed by atoms with Crippen LogP contribution in [0.2, 0.25) is 0 Å². The van der Waals surface area contributed by atoms with Gasteiger partial charge in [-0.1, -0.05) is 11.1 Å². The summed E-state index contributed by atoms with van der Waals surface area (Å²) in [4.78, 5) is 24.0. The van der Waals surface area contributed by atoms with Crippen LogP contribution in [0.15, 0.2) is 15.9 Å². The number of ether oxygens (including phenoxy) is 1. The number of aromatic nitrogens is 2. The average Bonchev–Trinajstić information content (AvgIpc) is 2.53. The maximum Gasteiger partial charge on any atom is 0.345 e. The number of carbonyl (C=O) groups excluding carboxylic acids is 1. The van der Waals surface area contributed by atoms with E-state index in [1.54, 1.807) is 18.5 Å². The monoisotopic (exact) mass is 250 g/mol. The maximum atomic E-state index is 12.2. The molecule has 0 amide bonds. The molecule has 0 radical (unpaired) electrons. The zero-order valence-corrected chi connectivity index (χ0v) is 11.2. The topological polar surface area (TPSA) is 53.2 Å². The van der Waals surface area contributed by atoms with Gasteiger partial charge in [-0.15, -0.1) is 0 Å². The molecule has 0 fully saturated rings. The third-order valence-corrected chi connectivity index (χ3v) is 3.47. The molecule has 5 heteroatoms. The Hall–Kier alpha value is -1.78.